The third-order valence-corrected chi connectivity index (χ3v) is 4.03. The zero-order chi connectivity index (χ0) is 18.2. The first kappa shape index (κ1) is 18.5. The lowest BCUT2D eigenvalue weighted by Crippen LogP contribution is -2.38. The Labute approximate surface area is 148 Å². The maximum atomic E-state index is 12.1. The first-order valence-corrected chi connectivity index (χ1v) is 8.25. The average molecular weight is 340 g/mol. The standard InChI is InChI=1S/C20H24N2O3/c1-15-8-4-5-9-17(15)14-20(24)21-12-13-22(16(2)23)18-10-6-7-11-19(18)25-3/h4-11H,12-14H2,1-3H3,(H,21,24). The molecule has 1 N–H and O–H groups in total. The number of ether oxygens (including phenoxy) is 1. The summed E-state index contributed by atoms with van der Waals surface area (Å²) in [7, 11) is 1.57. The molecule has 0 bridgehead atoms. The van der Waals surface area contributed by atoms with Gasteiger partial charge in [-0.15, -0.1) is 0 Å². The van der Waals surface area contributed by atoms with Crippen LogP contribution < -0.4 is 15.0 Å². The molecule has 0 unspecified atom stereocenters. The van der Waals surface area contributed by atoms with Gasteiger partial charge in [0.05, 0.1) is 19.2 Å². The van der Waals surface area contributed by atoms with Gasteiger partial charge in [-0.2, -0.15) is 0 Å². The lowest BCUT2D eigenvalue weighted by Gasteiger charge is -2.23. The molecule has 0 aliphatic heterocycles. The van der Waals surface area contributed by atoms with Crippen molar-refractivity contribution in [1.82, 2.24) is 5.32 Å². The molecule has 2 rings (SSSR count). The van der Waals surface area contributed by atoms with E-state index in [2.05, 4.69) is 5.32 Å². The van der Waals surface area contributed by atoms with Crippen molar-refractivity contribution in [2.45, 2.75) is 20.3 Å². The van der Waals surface area contributed by atoms with Gasteiger partial charge in [-0.1, -0.05) is 36.4 Å². The lowest BCUT2D eigenvalue weighted by atomic mass is 10.1. The molecular weight excluding hydrogens is 316 g/mol. The van der Waals surface area contributed by atoms with Crippen LogP contribution in [0.1, 0.15) is 18.1 Å². The molecule has 2 amide bonds. The van der Waals surface area contributed by atoms with Crippen LogP contribution in [0.2, 0.25) is 0 Å². The molecule has 2 aromatic carbocycles. The number of nitrogens with one attached hydrogen (secondary N) is 1. The molecule has 25 heavy (non-hydrogen) atoms. The molecule has 0 fully saturated rings. The minimum atomic E-state index is -0.0994. The second-order valence-corrected chi connectivity index (χ2v) is 5.80. The molecule has 0 aliphatic rings. The minimum absolute atomic E-state index is 0.0576. The van der Waals surface area contributed by atoms with Crippen LogP contribution >= 0.6 is 0 Å². The van der Waals surface area contributed by atoms with E-state index in [1.807, 2.05) is 55.5 Å². The Morgan fingerprint density at radius 2 is 1.76 bits per heavy atom. The van der Waals surface area contributed by atoms with Crippen LogP contribution in [-0.2, 0) is 16.0 Å². The van der Waals surface area contributed by atoms with Crippen LogP contribution in [0.3, 0.4) is 0 Å². The molecular formula is C20H24N2O3. The van der Waals surface area contributed by atoms with E-state index in [0.717, 1.165) is 11.1 Å². The van der Waals surface area contributed by atoms with Crippen LogP contribution in [0.4, 0.5) is 5.69 Å². The monoisotopic (exact) mass is 340 g/mol. The van der Waals surface area contributed by atoms with Crippen molar-refractivity contribution >= 4 is 17.5 Å². The number of amides is 2. The van der Waals surface area contributed by atoms with Crippen molar-refractivity contribution in [3.05, 3.63) is 59.7 Å². The van der Waals surface area contributed by atoms with Crippen LogP contribution in [0.15, 0.2) is 48.5 Å². The van der Waals surface area contributed by atoms with E-state index in [9.17, 15) is 9.59 Å². The summed E-state index contributed by atoms with van der Waals surface area (Å²) in [5, 5.41) is 2.88. The maximum Gasteiger partial charge on any atom is 0.224 e. The molecule has 0 atom stereocenters. The molecule has 0 saturated heterocycles. The number of rotatable bonds is 7. The van der Waals surface area contributed by atoms with E-state index in [1.54, 1.807) is 12.0 Å². The van der Waals surface area contributed by atoms with E-state index < -0.39 is 0 Å². The molecule has 0 radical (unpaired) electrons. The number of hydrogen-bond acceptors (Lipinski definition) is 3. The van der Waals surface area contributed by atoms with Crippen molar-refractivity contribution in [3.8, 4) is 5.75 Å². The molecule has 0 aromatic heterocycles. The van der Waals surface area contributed by atoms with Gasteiger partial charge in [0.2, 0.25) is 11.8 Å². The average Bonchev–Trinajstić information content (AvgIpc) is 2.60. The van der Waals surface area contributed by atoms with Gasteiger partial charge in [0.1, 0.15) is 5.75 Å². The summed E-state index contributed by atoms with van der Waals surface area (Å²) in [6, 6.07) is 15.2. The topological polar surface area (TPSA) is 58.6 Å². The highest BCUT2D eigenvalue weighted by molar-refractivity contribution is 5.93. The SMILES string of the molecule is COc1ccccc1N(CCNC(=O)Cc1ccccc1C)C(C)=O. The van der Waals surface area contributed by atoms with Crippen molar-refractivity contribution in [2.24, 2.45) is 0 Å². The molecule has 5 heteroatoms. The fourth-order valence-corrected chi connectivity index (χ4v) is 2.65. The third-order valence-electron chi connectivity index (χ3n) is 4.03. The van der Waals surface area contributed by atoms with E-state index in [0.29, 0.717) is 30.9 Å². The molecule has 0 heterocycles. The summed E-state index contributed by atoms with van der Waals surface area (Å²) < 4.78 is 5.31. The lowest BCUT2D eigenvalue weighted by molar-refractivity contribution is -0.121. The number of carbonyl (C=O) groups excluding carboxylic acids is 2. The number of carbonyl (C=O) groups is 2. The summed E-state index contributed by atoms with van der Waals surface area (Å²) in [6.07, 6.45) is 0.335. The maximum absolute atomic E-state index is 12.1. The smallest absolute Gasteiger partial charge is 0.224 e. The van der Waals surface area contributed by atoms with Gasteiger partial charge in [0.15, 0.2) is 0 Å². The van der Waals surface area contributed by atoms with E-state index >= 15 is 0 Å². The van der Waals surface area contributed by atoms with Gasteiger partial charge in [-0.25, -0.2) is 0 Å². The van der Waals surface area contributed by atoms with E-state index in [1.165, 1.54) is 6.92 Å². The van der Waals surface area contributed by atoms with Crippen LogP contribution in [-0.4, -0.2) is 32.0 Å². The van der Waals surface area contributed by atoms with E-state index in [-0.39, 0.29) is 11.8 Å². The molecule has 0 saturated carbocycles. The largest absolute Gasteiger partial charge is 0.495 e. The highest BCUT2D eigenvalue weighted by Crippen LogP contribution is 2.27. The first-order chi connectivity index (χ1) is 12.0. The molecule has 0 aliphatic carbocycles. The van der Waals surface area contributed by atoms with Gasteiger partial charge in [0.25, 0.3) is 0 Å². The fourth-order valence-electron chi connectivity index (χ4n) is 2.65. The van der Waals surface area contributed by atoms with Crippen molar-refractivity contribution in [1.29, 1.82) is 0 Å². The van der Waals surface area contributed by atoms with Crippen LogP contribution in [0, 0.1) is 6.92 Å². The number of hydrogen-bond donors (Lipinski definition) is 1. The van der Waals surface area contributed by atoms with E-state index in [4.69, 9.17) is 4.74 Å². The number of anilines is 1. The summed E-state index contributed by atoms with van der Waals surface area (Å²) in [5.74, 6) is 0.472. The summed E-state index contributed by atoms with van der Waals surface area (Å²) in [6.45, 7) is 4.25. The van der Waals surface area contributed by atoms with Crippen LogP contribution in [0.25, 0.3) is 0 Å². The van der Waals surface area contributed by atoms with Gasteiger partial charge in [0, 0.05) is 20.0 Å². The summed E-state index contributed by atoms with van der Waals surface area (Å²) in [4.78, 5) is 25.7. The van der Waals surface area contributed by atoms with Crippen molar-refractivity contribution in [2.75, 3.05) is 25.1 Å². The Bertz CT molecular complexity index is 743. The molecule has 2 aromatic rings. The predicted molar refractivity (Wildman–Crippen MR) is 98.9 cm³/mol. The van der Waals surface area contributed by atoms with Gasteiger partial charge in [-0.3, -0.25) is 9.59 Å². The minimum Gasteiger partial charge on any atom is -0.495 e. The number of methoxy groups -OCH3 is 1. The molecule has 132 valence electrons. The van der Waals surface area contributed by atoms with Crippen molar-refractivity contribution in [3.63, 3.8) is 0 Å². The third kappa shape index (κ3) is 5.08. The Morgan fingerprint density at radius 1 is 1.08 bits per heavy atom. The normalized spacial score (nSPS) is 10.2. The predicted octanol–water partition coefficient (Wildman–Crippen LogP) is 2.72. The number of para-hydroxylation sites is 2. The Morgan fingerprint density at radius 3 is 2.44 bits per heavy atom. The second kappa shape index (κ2) is 8.87. The van der Waals surface area contributed by atoms with Gasteiger partial charge in [-0.05, 0) is 30.2 Å². The number of benzene rings is 2. The highest BCUT2D eigenvalue weighted by atomic mass is 16.5. The first-order valence-electron chi connectivity index (χ1n) is 8.25. The Balaban J connectivity index is 1.95. The highest BCUT2D eigenvalue weighted by Gasteiger charge is 2.15. The Hall–Kier alpha value is -2.82. The molecule has 0 spiro atoms. The summed E-state index contributed by atoms with van der Waals surface area (Å²) in [5.41, 5.74) is 2.80. The summed E-state index contributed by atoms with van der Waals surface area (Å²) >= 11 is 0. The van der Waals surface area contributed by atoms with Gasteiger partial charge < -0.3 is 15.0 Å². The second-order valence-electron chi connectivity index (χ2n) is 5.80. The molecule has 5 nitrogen and oxygen atoms in total. The van der Waals surface area contributed by atoms with Gasteiger partial charge >= 0.3 is 0 Å². The number of nitrogens with zero attached hydrogens (tertiary/aromatic N) is 1. The zero-order valence-electron chi connectivity index (χ0n) is 14.9. The van der Waals surface area contributed by atoms with Crippen molar-refractivity contribution < 1.29 is 14.3 Å². The Kier molecular flexibility index (Phi) is 6.57. The quantitative estimate of drug-likeness (QED) is 0.843. The fraction of sp³-hybridized carbons (Fsp3) is 0.300. The van der Waals surface area contributed by atoms with Crippen LogP contribution in [0.5, 0.6) is 5.75 Å². The zero-order valence-corrected chi connectivity index (χ0v) is 14.9. The number of aryl methyl sites for hydroxylation is 1.